The van der Waals surface area contributed by atoms with E-state index in [9.17, 15) is 8.42 Å². The van der Waals surface area contributed by atoms with Gasteiger partial charge in [0.25, 0.3) is 0 Å². The van der Waals surface area contributed by atoms with E-state index in [-0.39, 0.29) is 0 Å². The third-order valence-corrected chi connectivity index (χ3v) is 5.31. The molecule has 28 heavy (non-hydrogen) atoms. The molecule has 3 rings (SSSR count). The van der Waals surface area contributed by atoms with E-state index in [1.165, 1.54) is 11.8 Å². The molecule has 0 fully saturated rings. The number of hydrogen-bond donors (Lipinski definition) is 0. The fraction of sp³-hybridized carbons (Fsp3) is 0.348. The number of imidazole rings is 1. The highest BCUT2D eigenvalue weighted by molar-refractivity contribution is 7.90. The topological polar surface area (TPSA) is 52.0 Å². The minimum Gasteiger partial charge on any atom is -0.297 e. The van der Waals surface area contributed by atoms with Crippen molar-refractivity contribution in [3.63, 3.8) is 0 Å². The average Bonchev–Trinajstić information content (AvgIpc) is 3.00. The Hall–Kier alpha value is -2.40. The van der Waals surface area contributed by atoms with Crippen molar-refractivity contribution in [3.8, 4) is 17.1 Å². The normalized spacial score (nSPS) is 10.4. The van der Waals surface area contributed by atoms with Gasteiger partial charge in [0.15, 0.2) is 9.84 Å². The molecule has 0 saturated heterocycles. The van der Waals surface area contributed by atoms with Gasteiger partial charge in [-0.15, -0.1) is 0 Å². The molecule has 2 aromatic carbocycles. The molecule has 4 nitrogen and oxygen atoms in total. The molecular weight excluding hydrogens is 368 g/mol. The van der Waals surface area contributed by atoms with Crippen LogP contribution in [0.15, 0.2) is 53.4 Å². The van der Waals surface area contributed by atoms with Gasteiger partial charge < -0.3 is 0 Å². The molecule has 0 aliphatic carbocycles. The van der Waals surface area contributed by atoms with Crippen molar-refractivity contribution in [2.45, 2.75) is 53.4 Å². The van der Waals surface area contributed by atoms with Crippen molar-refractivity contribution >= 4 is 9.84 Å². The monoisotopic (exact) mass is 400 g/mol. The van der Waals surface area contributed by atoms with Crippen molar-refractivity contribution in [2.24, 2.45) is 0 Å². The van der Waals surface area contributed by atoms with Crippen LogP contribution in [0.25, 0.3) is 17.1 Å². The lowest BCUT2D eigenvalue weighted by Gasteiger charge is -2.11. The van der Waals surface area contributed by atoms with Gasteiger partial charge in [0, 0.05) is 23.2 Å². The Labute approximate surface area is 170 Å². The fourth-order valence-corrected chi connectivity index (χ4v) is 3.30. The molecule has 0 aliphatic heterocycles. The molecule has 0 bridgehead atoms. The first-order chi connectivity index (χ1) is 13.3. The summed E-state index contributed by atoms with van der Waals surface area (Å²) in [5.74, 6) is 0.858. The van der Waals surface area contributed by atoms with E-state index in [2.05, 4.69) is 35.8 Å². The van der Waals surface area contributed by atoms with E-state index in [1.807, 2.05) is 53.7 Å². The van der Waals surface area contributed by atoms with Crippen LogP contribution in [-0.2, 0) is 9.84 Å². The van der Waals surface area contributed by atoms with Crippen LogP contribution in [0.2, 0.25) is 0 Å². The highest BCUT2D eigenvalue weighted by atomic mass is 32.2. The number of benzene rings is 2. The van der Waals surface area contributed by atoms with Gasteiger partial charge in [-0.1, -0.05) is 57.5 Å². The number of sulfone groups is 1. The number of aromatic nitrogens is 2. The molecule has 0 atom stereocenters. The summed E-state index contributed by atoms with van der Waals surface area (Å²) in [6.45, 7) is 14.1. The summed E-state index contributed by atoms with van der Waals surface area (Å²) in [5, 5.41) is 0. The molecule has 3 aromatic rings. The van der Waals surface area contributed by atoms with Gasteiger partial charge >= 0.3 is 0 Å². The standard InChI is InChI=1S/C19H20N2O2S.2C2H6/c1-13-5-7-16(8-6-13)19-20-14(2)15(3)21(19)17-9-11-18(12-10-17)24(4,22)23;2*1-2/h5-12H,1-4H3;2*1-2H3. The largest absolute Gasteiger partial charge is 0.297 e. The van der Waals surface area contributed by atoms with Gasteiger partial charge in [-0.2, -0.15) is 0 Å². The summed E-state index contributed by atoms with van der Waals surface area (Å²) in [6, 6.07) is 15.1. The summed E-state index contributed by atoms with van der Waals surface area (Å²) >= 11 is 0. The molecule has 5 heteroatoms. The van der Waals surface area contributed by atoms with Crippen LogP contribution in [0, 0.1) is 20.8 Å². The van der Waals surface area contributed by atoms with Crippen LogP contribution in [0.1, 0.15) is 44.6 Å². The molecule has 152 valence electrons. The third kappa shape index (κ3) is 5.32. The van der Waals surface area contributed by atoms with E-state index in [0.717, 1.165) is 28.5 Å². The lowest BCUT2D eigenvalue weighted by molar-refractivity contribution is 0.602. The summed E-state index contributed by atoms with van der Waals surface area (Å²) in [7, 11) is -3.20. The average molecular weight is 401 g/mol. The Morgan fingerprint density at radius 3 is 1.75 bits per heavy atom. The molecule has 0 saturated carbocycles. The van der Waals surface area contributed by atoms with Crippen molar-refractivity contribution in [2.75, 3.05) is 6.26 Å². The first-order valence-corrected chi connectivity index (χ1v) is 11.6. The van der Waals surface area contributed by atoms with Crippen LogP contribution in [0.3, 0.4) is 0 Å². The minimum absolute atomic E-state index is 0.317. The molecule has 0 N–H and O–H groups in total. The van der Waals surface area contributed by atoms with Crippen LogP contribution in [-0.4, -0.2) is 24.2 Å². The fourth-order valence-electron chi connectivity index (χ4n) is 2.67. The van der Waals surface area contributed by atoms with Crippen LogP contribution in [0.5, 0.6) is 0 Å². The molecule has 1 heterocycles. The zero-order valence-electron chi connectivity index (χ0n) is 18.2. The molecule has 0 radical (unpaired) electrons. The highest BCUT2D eigenvalue weighted by Gasteiger charge is 2.15. The maximum absolute atomic E-state index is 11.7. The van der Waals surface area contributed by atoms with Crippen molar-refractivity contribution in [1.82, 2.24) is 9.55 Å². The van der Waals surface area contributed by atoms with Gasteiger partial charge in [0.2, 0.25) is 0 Å². The third-order valence-electron chi connectivity index (χ3n) is 4.18. The zero-order chi connectivity index (χ0) is 21.5. The number of hydrogen-bond acceptors (Lipinski definition) is 3. The predicted octanol–water partition coefficient (Wildman–Crippen LogP) is 5.92. The molecule has 0 spiro atoms. The highest BCUT2D eigenvalue weighted by Crippen LogP contribution is 2.27. The van der Waals surface area contributed by atoms with E-state index in [0.29, 0.717) is 4.90 Å². The molecule has 1 aromatic heterocycles. The number of rotatable bonds is 3. The summed E-state index contributed by atoms with van der Waals surface area (Å²) < 4.78 is 25.4. The van der Waals surface area contributed by atoms with Crippen molar-refractivity contribution < 1.29 is 8.42 Å². The van der Waals surface area contributed by atoms with Gasteiger partial charge in [-0.05, 0) is 45.0 Å². The van der Waals surface area contributed by atoms with Crippen molar-refractivity contribution in [1.29, 1.82) is 0 Å². The van der Waals surface area contributed by atoms with E-state index in [4.69, 9.17) is 4.98 Å². The van der Waals surface area contributed by atoms with Gasteiger partial charge in [-0.25, -0.2) is 13.4 Å². The second-order valence-corrected chi connectivity index (χ2v) is 8.09. The summed E-state index contributed by atoms with van der Waals surface area (Å²) in [4.78, 5) is 5.02. The van der Waals surface area contributed by atoms with Gasteiger partial charge in [0.05, 0.1) is 10.6 Å². The first kappa shape index (κ1) is 23.6. The lowest BCUT2D eigenvalue weighted by Crippen LogP contribution is -2.02. The Morgan fingerprint density at radius 2 is 1.29 bits per heavy atom. The lowest BCUT2D eigenvalue weighted by atomic mass is 10.1. The summed E-state index contributed by atoms with van der Waals surface area (Å²) in [6.07, 6.45) is 1.21. The van der Waals surface area contributed by atoms with Crippen molar-refractivity contribution in [3.05, 3.63) is 65.5 Å². The van der Waals surface area contributed by atoms with Gasteiger partial charge in [0.1, 0.15) is 5.82 Å². The Bertz CT molecular complexity index is 984. The Kier molecular flexibility index (Phi) is 8.64. The molecule has 0 aliphatic rings. The molecule has 0 amide bonds. The predicted molar refractivity (Wildman–Crippen MR) is 119 cm³/mol. The molecule has 0 unspecified atom stereocenters. The van der Waals surface area contributed by atoms with Crippen LogP contribution >= 0.6 is 0 Å². The maximum Gasteiger partial charge on any atom is 0.175 e. The van der Waals surface area contributed by atoms with E-state index >= 15 is 0 Å². The minimum atomic E-state index is -3.20. The Balaban J connectivity index is 0.000000921. The van der Waals surface area contributed by atoms with Crippen LogP contribution < -0.4 is 0 Å². The number of nitrogens with zero attached hydrogens (tertiary/aromatic N) is 2. The van der Waals surface area contributed by atoms with E-state index < -0.39 is 9.84 Å². The maximum atomic E-state index is 11.7. The zero-order valence-corrected chi connectivity index (χ0v) is 19.1. The van der Waals surface area contributed by atoms with E-state index in [1.54, 1.807) is 12.1 Å². The Morgan fingerprint density at radius 1 is 0.786 bits per heavy atom. The molecular formula is C23H32N2O2S. The number of aryl methyl sites for hydroxylation is 2. The second-order valence-electron chi connectivity index (χ2n) is 6.07. The smallest absolute Gasteiger partial charge is 0.175 e. The van der Waals surface area contributed by atoms with Gasteiger partial charge in [-0.3, -0.25) is 4.57 Å². The quantitative estimate of drug-likeness (QED) is 0.548. The second kappa shape index (κ2) is 10.2. The first-order valence-electron chi connectivity index (χ1n) is 9.71. The SMILES string of the molecule is CC.CC.Cc1ccc(-c2nc(C)c(C)n2-c2ccc(S(C)(=O)=O)cc2)cc1. The summed E-state index contributed by atoms with van der Waals surface area (Å²) in [5.41, 5.74) is 5.12. The van der Waals surface area contributed by atoms with Crippen LogP contribution in [0.4, 0.5) is 0 Å².